The summed E-state index contributed by atoms with van der Waals surface area (Å²) < 4.78 is 55.4. The molecule has 1 aromatic heterocycles. The van der Waals surface area contributed by atoms with Gasteiger partial charge in [0.25, 0.3) is 0 Å². The van der Waals surface area contributed by atoms with Crippen LogP contribution in [0.25, 0.3) is 0 Å². The monoisotopic (exact) mass is 867 g/mol. The zero-order valence-corrected chi connectivity index (χ0v) is 35.6. The second kappa shape index (κ2) is 16.7. The topological polar surface area (TPSA) is 253 Å². The van der Waals surface area contributed by atoms with Crippen LogP contribution in [0.15, 0.2) is 48.7 Å². The van der Waals surface area contributed by atoms with Gasteiger partial charge in [-0.2, -0.15) is 0 Å². The van der Waals surface area contributed by atoms with Crippen LogP contribution < -0.4 is 0 Å². The number of ether oxygens (including phenoxy) is 9. The predicted molar refractivity (Wildman–Crippen MR) is 205 cm³/mol. The normalized spacial score (nSPS) is 36.0. The lowest BCUT2D eigenvalue weighted by molar-refractivity contribution is -0.386. The van der Waals surface area contributed by atoms with E-state index in [9.17, 15) is 43.5 Å². The van der Waals surface area contributed by atoms with E-state index < -0.39 is 138 Å². The molecule has 19 nitrogen and oxygen atoms in total. The highest BCUT2D eigenvalue weighted by Crippen LogP contribution is 2.70. The zero-order chi connectivity index (χ0) is 45.7. The van der Waals surface area contributed by atoms with Crippen molar-refractivity contribution in [3.63, 3.8) is 0 Å². The molecule has 62 heavy (non-hydrogen) atoms. The highest BCUT2D eigenvalue weighted by atomic mass is 16.7. The Balaban J connectivity index is 1.81. The van der Waals surface area contributed by atoms with Gasteiger partial charge in [-0.15, -0.1) is 0 Å². The van der Waals surface area contributed by atoms with E-state index in [1.165, 1.54) is 56.4 Å². The number of hydrogen-bond donors (Lipinski definition) is 1. The fraction of sp³-hybridized carbons (Fsp3) is 0.558. The van der Waals surface area contributed by atoms with Gasteiger partial charge in [0.05, 0.1) is 28.7 Å². The Bertz CT molecular complexity index is 2160. The van der Waals surface area contributed by atoms with Crippen LogP contribution in [-0.4, -0.2) is 124 Å². The summed E-state index contributed by atoms with van der Waals surface area (Å²) in [6.07, 6.45) is -10.8. The van der Waals surface area contributed by atoms with Crippen molar-refractivity contribution in [2.45, 2.75) is 122 Å². The number of cyclic esters (lactones) is 1. The SMILES string of the molecule is CC(=O)OC[C@]12[C@H](OC(C)=O)[C@H](OC(C)=O)[C@@H]3[C@@H](OC(=O)c4ccccc4)[C@@]14O[C@@]3(C)COC(=O)c1cccnc1[C@@H](C)[C@H](C)C(=O)O[C@@H]([C@H](OC(C)=O)[C@@H]2OC(C)=O)[C@]4(C)O. The average molecular weight is 868 g/mol. The van der Waals surface area contributed by atoms with Gasteiger partial charge >= 0.3 is 47.8 Å². The minimum atomic E-state index is -2.87. The number of carbonyl (C=O) groups is 8. The van der Waals surface area contributed by atoms with E-state index in [4.69, 9.17) is 42.6 Å². The first-order valence-electron chi connectivity index (χ1n) is 19.9. The standard InChI is InChI=1S/C43H49NO18/c1-20-21(2)37(50)61-34-32(57-24(5)47)36(59-26(7)49)42(19-54-22(3)45)35(58-25(6)48)31(56-23(4)46)29-33(60-38(51)27-14-11-10-12-15-27)43(42,41(34,9)53)62-40(29,8)18-55-39(52)28-16-13-17-44-30(20)28/h10-17,20-21,29,31-36,53H,18-19H2,1-9H3/t20-,21-,29+,31+,32-,33+,34-,35+,36-,40-,41-,42+,43-/m0/s1. The van der Waals surface area contributed by atoms with Gasteiger partial charge in [-0.1, -0.05) is 32.0 Å². The molecule has 19 heteroatoms. The van der Waals surface area contributed by atoms with E-state index in [0.29, 0.717) is 0 Å². The fourth-order valence-corrected chi connectivity index (χ4v) is 9.83. The van der Waals surface area contributed by atoms with Gasteiger partial charge in [0.2, 0.25) is 0 Å². The maximum Gasteiger partial charge on any atom is 0.340 e. The quantitative estimate of drug-likeness (QED) is 0.295. The van der Waals surface area contributed by atoms with E-state index >= 15 is 0 Å². The largest absolute Gasteiger partial charge is 0.465 e. The third kappa shape index (κ3) is 7.43. The molecule has 1 N–H and O–H groups in total. The molecule has 6 rings (SSSR count). The Morgan fingerprint density at radius 3 is 1.90 bits per heavy atom. The zero-order valence-electron chi connectivity index (χ0n) is 35.6. The minimum absolute atomic E-state index is 0.0290. The van der Waals surface area contributed by atoms with Crippen LogP contribution in [-0.2, 0) is 71.4 Å². The summed E-state index contributed by atoms with van der Waals surface area (Å²) in [5, 5.41) is 13.7. The summed E-state index contributed by atoms with van der Waals surface area (Å²) in [6.45, 7) is 8.64. The molecule has 334 valence electrons. The summed E-state index contributed by atoms with van der Waals surface area (Å²) in [4.78, 5) is 114. The third-order valence-corrected chi connectivity index (χ3v) is 12.4. The highest BCUT2D eigenvalue weighted by Gasteiger charge is 2.92. The number of hydrogen-bond acceptors (Lipinski definition) is 19. The minimum Gasteiger partial charge on any atom is -0.465 e. The summed E-state index contributed by atoms with van der Waals surface area (Å²) in [5.74, 6) is -11.9. The average Bonchev–Trinajstić information content (AvgIpc) is 3.42. The Morgan fingerprint density at radius 1 is 0.742 bits per heavy atom. The molecule has 4 aliphatic rings. The van der Waals surface area contributed by atoms with Crippen molar-refractivity contribution >= 4 is 47.8 Å². The molecular weight excluding hydrogens is 818 g/mol. The first-order chi connectivity index (χ1) is 29.0. The Kier molecular flexibility index (Phi) is 12.3. The second-order valence-electron chi connectivity index (χ2n) is 16.5. The maximum absolute atomic E-state index is 14.5. The van der Waals surface area contributed by atoms with Gasteiger partial charge in [-0.25, -0.2) is 9.59 Å². The van der Waals surface area contributed by atoms with Crippen LogP contribution >= 0.6 is 0 Å². The van der Waals surface area contributed by atoms with Crippen molar-refractivity contribution in [2.24, 2.45) is 17.3 Å². The van der Waals surface area contributed by atoms with Crippen molar-refractivity contribution in [2.75, 3.05) is 13.2 Å². The summed E-state index contributed by atoms with van der Waals surface area (Å²) in [6, 6.07) is 10.4. The van der Waals surface area contributed by atoms with Gasteiger partial charge in [0.1, 0.15) is 42.0 Å². The van der Waals surface area contributed by atoms with E-state index in [-0.39, 0.29) is 16.8 Å². The van der Waals surface area contributed by atoms with Crippen molar-refractivity contribution in [1.82, 2.24) is 4.98 Å². The highest BCUT2D eigenvalue weighted by molar-refractivity contribution is 5.91. The molecule has 2 aliphatic carbocycles. The summed E-state index contributed by atoms with van der Waals surface area (Å²) in [5.41, 5.74) is -10.4. The van der Waals surface area contributed by atoms with Gasteiger partial charge in [0.15, 0.2) is 30.0 Å². The smallest absolute Gasteiger partial charge is 0.340 e. The summed E-state index contributed by atoms with van der Waals surface area (Å²) >= 11 is 0. The number of fused-ring (bicyclic) bond motifs is 5. The molecule has 0 unspecified atom stereocenters. The molecule has 2 aromatic rings. The van der Waals surface area contributed by atoms with Crippen LogP contribution in [0.2, 0.25) is 0 Å². The molecule has 1 aromatic carbocycles. The third-order valence-electron chi connectivity index (χ3n) is 12.4. The fourth-order valence-electron chi connectivity index (χ4n) is 9.83. The molecule has 2 aliphatic heterocycles. The lowest BCUT2D eigenvalue weighted by Gasteiger charge is -2.67. The molecule has 2 saturated carbocycles. The van der Waals surface area contributed by atoms with E-state index in [0.717, 1.165) is 41.5 Å². The van der Waals surface area contributed by atoms with Crippen LogP contribution in [0.3, 0.4) is 0 Å². The number of aliphatic hydroxyl groups is 1. The number of esters is 8. The first-order valence-corrected chi connectivity index (χ1v) is 19.9. The lowest BCUT2D eigenvalue weighted by atomic mass is 9.45. The second-order valence-corrected chi connectivity index (χ2v) is 16.5. The first kappa shape index (κ1) is 45.6. The van der Waals surface area contributed by atoms with Gasteiger partial charge in [-0.3, -0.25) is 33.8 Å². The lowest BCUT2D eigenvalue weighted by Crippen LogP contribution is -2.89. The van der Waals surface area contributed by atoms with E-state index in [1.807, 2.05) is 0 Å². The van der Waals surface area contributed by atoms with Gasteiger partial charge < -0.3 is 47.7 Å². The summed E-state index contributed by atoms with van der Waals surface area (Å²) in [7, 11) is 0. The van der Waals surface area contributed by atoms with Crippen molar-refractivity contribution in [3.8, 4) is 0 Å². The maximum atomic E-state index is 14.5. The number of benzene rings is 1. The molecule has 3 fully saturated rings. The van der Waals surface area contributed by atoms with Crippen molar-refractivity contribution < 1.29 is 86.1 Å². The molecule has 1 saturated heterocycles. The molecule has 3 heterocycles. The molecule has 0 radical (unpaired) electrons. The molecule has 4 bridgehead atoms. The van der Waals surface area contributed by atoms with Crippen molar-refractivity contribution in [1.29, 1.82) is 0 Å². The number of rotatable bonds is 8. The predicted octanol–water partition coefficient (Wildman–Crippen LogP) is 2.33. The van der Waals surface area contributed by atoms with Crippen LogP contribution in [0, 0.1) is 17.3 Å². The number of carbonyl (C=O) groups excluding carboxylic acids is 8. The molecule has 1 spiro atoms. The number of aromatic nitrogens is 1. The Hall–Kier alpha value is -5.95. The van der Waals surface area contributed by atoms with E-state index in [2.05, 4.69) is 4.98 Å². The number of pyridine rings is 1. The molecule has 0 amide bonds. The molecule has 13 atom stereocenters. The Morgan fingerprint density at radius 2 is 1.32 bits per heavy atom. The van der Waals surface area contributed by atoms with Gasteiger partial charge in [0, 0.05) is 46.7 Å². The Labute approximate surface area is 355 Å². The van der Waals surface area contributed by atoms with Crippen LogP contribution in [0.1, 0.15) is 94.6 Å². The number of nitrogens with zero attached hydrogens (tertiary/aromatic N) is 1. The molecular formula is C43H49NO18. The van der Waals surface area contributed by atoms with Crippen LogP contribution in [0.4, 0.5) is 0 Å². The van der Waals surface area contributed by atoms with Crippen molar-refractivity contribution in [3.05, 3.63) is 65.5 Å². The van der Waals surface area contributed by atoms with Crippen LogP contribution in [0.5, 0.6) is 0 Å². The van der Waals surface area contributed by atoms with Gasteiger partial charge in [-0.05, 0) is 38.1 Å². The van der Waals surface area contributed by atoms with E-state index in [1.54, 1.807) is 13.0 Å².